The first-order valence-electron chi connectivity index (χ1n) is 6.90. The maximum absolute atomic E-state index is 12.1. The van der Waals surface area contributed by atoms with Gasteiger partial charge in [-0.05, 0) is 59.5 Å². The summed E-state index contributed by atoms with van der Waals surface area (Å²) >= 11 is 5.61. The number of halogens is 2. The number of hydrogen-bond acceptors (Lipinski definition) is 1. The third kappa shape index (κ3) is 4.74. The number of carbonyl (C=O) groups is 1. The molecule has 2 nitrogen and oxygen atoms in total. The van der Waals surface area contributed by atoms with Crippen LogP contribution in [-0.4, -0.2) is 12.5 Å². The Bertz CT molecular complexity index is 444. The smallest absolute Gasteiger partial charge is 0.252 e. The number of carbonyl (C=O) groups excluding carboxylic acids is 1. The lowest BCUT2D eigenvalue weighted by molar-refractivity contribution is 0.0951. The highest BCUT2D eigenvalue weighted by Crippen LogP contribution is 2.28. The van der Waals surface area contributed by atoms with E-state index < -0.39 is 0 Å². The molecule has 1 amide bonds. The lowest BCUT2D eigenvalue weighted by Gasteiger charge is -2.10. The molecule has 0 heterocycles. The van der Waals surface area contributed by atoms with Gasteiger partial charge >= 0.3 is 0 Å². The Morgan fingerprint density at radius 1 is 1.37 bits per heavy atom. The van der Waals surface area contributed by atoms with Crippen molar-refractivity contribution in [2.24, 2.45) is 5.92 Å². The summed E-state index contributed by atoms with van der Waals surface area (Å²) in [6, 6.07) is 5.80. The lowest BCUT2D eigenvalue weighted by atomic mass is 10.0. The van der Waals surface area contributed by atoms with Gasteiger partial charge in [0.25, 0.3) is 5.91 Å². The Kier molecular flexibility index (Phi) is 6.13. The van der Waals surface area contributed by atoms with Crippen LogP contribution in [0.5, 0.6) is 0 Å². The summed E-state index contributed by atoms with van der Waals surface area (Å²) < 4.78 is 1.94. The molecule has 2 rings (SSSR count). The van der Waals surface area contributed by atoms with E-state index in [0.717, 1.165) is 32.5 Å². The van der Waals surface area contributed by atoms with Crippen LogP contribution in [0, 0.1) is 9.49 Å². The summed E-state index contributed by atoms with van der Waals surface area (Å²) in [4.78, 5) is 12.1. The van der Waals surface area contributed by atoms with Gasteiger partial charge in [0.05, 0.1) is 5.56 Å². The standard InChI is InChI=1S/C15H19BrINO/c16-12-7-8-14(17)13(10-12)15(19)18-9-3-6-11-4-1-2-5-11/h7-8,10-11H,1-6,9H2,(H,18,19). The minimum Gasteiger partial charge on any atom is -0.352 e. The van der Waals surface area contributed by atoms with Crippen LogP contribution in [-0.2, 0) is 0 Å². The number of benzene rings is 1. The van der Waals surface area contributed by atoms with Crippen molar-refractivity contribution >= 4 is 44.4 Å². The molecule has 1 fully saturated rings. The first-order valence-corrected chi connectivity index (χ1v) is 8.77. The highest BCUT2D eigenvalue weighted by Gasteiger charge is 2.14. The molecule has 0 saturated heterocycles. The molecule has 0 spiro atoms. The van der Waals surface area contributed by atoms with E-state index in [9.17, 15) is 4.79 Å². The van der Waals surface area contributed by atoms with Crippen LogP contribution in [0.2, 0.25) is 0 Å². The molecule has 1 aliphatic rings. The Balaban J connectivity index is 1.75. The molecule has 0 aromatic heterocycles. The minimum atomic E-state index is 0.0390. The molecule has 0 bridgehead atoms. The molecule has 0 aliphatic heterocycles. The van der Waals surface area contributed by atoms with Crippen molar-refractivity contribution in [2.45, 2.75) is 38.5 Å². The van der Waals surface area contributed by atoms with E-state index in [2.05, 4.69) is 43.8 Å². The molecular formula is C15H19BrINO. The van der Waals surface area contributed by atoms with E-state index in [4.69, 9.17) is 0 Å². The summed E-state index contributed by atoms with van der Waals surface area (Å²) in [5, 5.41) is 3.03. The van der Waals surface area contributed by atoms with Crippen molar-refractivity contribution in [3.8, 4) is 0 Å². The highest BCUT2D eigenvalue weighted by molar-refractivity contribution is 14.1. The van der Waals surface area contributed by atoms with E-state index in [0.29, 0.717) is 0 Å². The number of amides is 1. The fraction of sp³-hybridized carbons (Fsp3) is 0.533. The van der Waals surface area contributed by atoms with Crippen molar-refractivity contribution in [1.29, 1.82) is 0 Å². The van der Waals surface area contributed by atoms with Crippen LogP contribution >= 0.6 is 38.5 Å². The maximum Gasteiger partial charge on any atom is 0.252 e. The third-order valence-electron chi connectivity index (χ3n) is 3.72. The summed E-state index contributed by atoms with van der Waals surface area (Å²) in [7, 11) is 0. The second-order valence-corrected chi connectivity index (χ2v) is 7.25. The molecule has 1 aromatic carbocycles. The highest BCUT2D eigenvalue weighted by atomic mass is 127. The zero-order valence-electron chi connectivity index (χ0n) is 10.9. The SMILES string of the molecule is O=C(NCCCC1CCCC1)c1cc(Br)ccc1I. The monoisotopic (exact) mass is 435 g/mol. The molecular weight excluding hydrogens is 417 g/mol. The van der Waals surface area contributed by atoms with E-state index in [1.807, 2.05) is 18.2 Å². The predicted molar refractivity (Wildman–Crippen MR) is 90.4 cm³/mol. The molecule has 4 heteroatoms. The average molecular weight is 436 g/mol. The zero-order chi connectivity index (χ0) is 13.7. The fourth-order valence-corrected chi connectivity index (χ4v) is 3.60. The second kappa shape index (κ2) is 7.62. The van der Waals surface area contributed by atoms with Gasteiger partial charge in [-0.2, -0.15) is 0 Å². The van der Waals surface area contributed by atoms with Gasteiger partial charge in [0.15, 0.2) is 0 Å². The van der Waals surface area contributed by atoms with E-state index in [1.165, 1.54) is 32.1 Å². The number of nitrogens with one attached hydrogen (secondary N) is 1. The molecule has 104 valence electrons. The maximum atomic E-state index is 12.1. The Labute approximate surface area is 137 Å². The fourth-order valence-electron chi connectivity index (χ4n) is 2.66. The minimum absolute atomic E-state index is 0.0390. The molecule has 0 atom stereocenters. The summed E-state index contributed by atoms with van der Waals surface area (Å²) in [5.41, 5.74) is 0.760. The van der Waals surface area contributed by atoms with E-state index >= 15 is 0 Å². The van der Waals surface area contributed by atoms with Crippen molar-refractivity contribution in [3.63, 3.8) is 0 Å². The quantitative estimate of drug-likeness (QED) is 0.524. The van der Waals surface area contributed by atoms with Crippen LogP contribution in [0.1, 0.15) is 48.9 Å². The van der Waals surface area contributed by atoms with Gasteiger partial charge < -0.3 is 5.32 Å². The molecule has 1 N–H and O–H groups in total. The van der Waals surface area contributed by atoms with Crippen molar-refractivity contribution in [1.82, 2.24) is 5.32 Å². The van der Waals surface area contributed by atoms with Gasteiger partial charge in [-0.1, -0.05) is 41.6 Å². The van der Waals surface area contributed by atoms with Gasteiger partial charge in [-0.25, -0.2) is 0 Å². The first kappa shape index (κ1) is 15.3. The average Bonchev–Trinajstić information content (AvgIpc) is 2.90. The molecule has 1 saturated carbocycles. The van der Waals surface area contributed by atoms with Crippen LogP contribution < -0.4 is 5.32 Å². The van der Waals surface area contributed by atoms with E-state index in [-0.39, 0.29) is 5.91 Å². The van der Waals surface area contributed by atoms with Crippen LogP contribution in [0.4, 0.5) is 0 Å². The van der Waals surface area contributed by atoms with E-state index in [1.54, 1.807) is 0 Å². The summed E-state index contributed by atoms with van der Waals surface area (Å²) in [6.45, 7) is 0.790. The molecule has 1 aromatic rings. The largest absolute Gasteiger partial charge is 0.352 e. The first-order chi connectivity index (χ1) is 9.16. The van der Waals surface area contributed by atoms with Gasteiger partial charge in [-0.15, -0.1) is 0 Å². The van der Waals surface area contributed by atoms with Crippen LogP contribution in [0.3, 0.4) is 0 Å². The van der Waals surface area contributed by atoms with Gasteiger partial charge in [-0.3, -0.25) is 4.79 Å². The van der Waals surface area contributed by atoms with Crippen molar-refractivity contribution < 1.29 is 4.79 Å². The molecule has 1 aliphatic carbocycles. The topological polar surface area (TPSA) is 29.1 Å². The molecule has 0 radical (unpaired) electrons. The van der Waals surface area contributed by atoms with Crippen LogP contribution in [0.15, 0.2) is 22.7 Å². The van der Waals surface area contributed by atoms with Gasteiger partial charge in [0, 0.05) is 14.6 Å². The Morgan fingerprint density at radius 2 is 2.11 bits per heavy atom. The third-order valence-corrected chi connectivity index (χ3v) is 5.16. The number of rotatable bonds is 5. The Morgan fingerprint density at radius 3 is 2.84 bits per heavy atom. The van der Waals surface area contributed by atoms with Crippen LogP contribution in [0.25, 0.3) is 0 Å². The predicted octanol–water partition coefficient (Wildman–Crippen LogP) is 4.75. The van der Waals surface area contributed by atoms with Gasteiger partial charge in [0.2, 0.25) is 0 Å². The molecule has 19 heavy (non-hydrogen) atoms. The van der Waals surface area contributed by atoms with Crippen molar-refractivity contribution in [3.05, 3.63) is 31.8 Å². The zero-order valence-corrected chi connectivity index (χ0v) is 14.7. The molecule has 0 unspecified atom stereocenters. The lowest BCUT2D eigenvalue weighted by Crippen LogP contribution is -2.25. The second-order valence-electron chi connectivity index (χ2n) is 5.17. The van der Waals surface area contributed by atoms with Gasteiger partial charge in [0.1, 0.15) is 0 Å². The summed E-state index contributed by atoms with van der Waals surface area (Å²) in [5.74, 6) is 0.944. The van der Waals surface area contributed by atoms with Crippen molar-refractivity contribution in [2.75, 3.05) is 6.54 Å². The Hall–Kier alpha value is -0.100. The number of hydrogen-bond donors (Lipinski definition) is 1. The normalized spacial score (nSPS) is 15.7. The summed E-state index contributed by atoms with van der Waals surface area (Å²) in [6.07, 6.45) is 7.92.